The van der Waals surface area contributed by atoms with E-state index in [9.17, 15) is 22.8 Å². The van der Waals surface area contributed by atoms with Crippen molar-refractivity contribution in [1.82, 2.24) is 19.8 Å². The van der Waals surface area contributed by atoms with Crippen LogP contribution in [0.5, 0.6) is 0 Å². The molecule has 0 N–H and O–H groups in total. The van der Waals surface area contributed by atoms with Crippen LogP contribution in [0.1, 0.15) is 25.3 Å². The summed E-state index contributed by atoms with van der Waals surface area (Å²) in [5.74, 6) is 0.0796. The van der Waals surface area contributed by atoms with Gasteiger partial charge in [-0.3, -0.25) is 4.79 Å². The Labute approximate surface area is 187 Å². The second-order valence-electron chi connectivity index (χ2n) is 8.61. The molecule has 33 heavy (non-hydrogen) atoms. The lowest BCUT2D eigenvalue weighted by Crippen LogP contribution is -2.49. The first kappa shape index (κ1) is 22.9. The van der Waals surface area contributed by atoms with Crippen LogP contribution in [0, 0.1) is 5.92 Å². The number of halogens is 3. The zero-order valence-electron chi connectivity index (χ0n) is 17.9. The number of rotatable bonds is 6. The molecule has 3 unspecified atom stereocenters. The molecule has 3 aliphatic rings. The second kappa shape index (κ2) is 8.58. The molecule has 3 heterocycles. The summed E-state index contributed by atoms with van der Waals surface area (Å²) >= 11 is 0. The van der Waals surface area contributed by atoms with Crippen molar-refractivity contribution in [1.29, 1.82) is 0 Å². The van der Waals surface area contributed by atoms with E-state index in [0.29, 0.717) is 39.1 Å². The van der Waals surface area contributed by atoms with Gasteiger partial charge in [0.05, 0.1) is 18.2 Å². The van der Waals surface area contributed by atoms with Crippen molar-refractivity contribution in [3.8, 4) is 0 Å². The fraction of sp³-hybridized carbons (Fsp3) is 0.684. The third-order valence-corrected chi connectivity index (χ3v) is 6.22. The maximum absolute atomic E-state index is 12.8. The molecular weight excluding hydrogens is 445 g/mol. The van der Waals surface area contributed by atoms with Gasteiger partial charge in [-0.2, -0.15) is 13.2 Å². The van der Waals surface area contributed by atoms with Gasteiger partial charge in [0.2, 0.25) is 11.9 Å². The summed E-state index contributed by atoms with van der Waals surface area (Å²) in [5.41, 5.74) is 6.95. The number of carbonyl (C=O) groups is 2. The summed E-state index contributed by atoms with van der Waals surface area (Å²) < 4.78 is 43.5. The standard InChI is InChI=1S/C19H23F3N8O3/c1-12(26-27-23)10-30-11-18(33-17(30)32)7-13(18)6-15(31)28-2-4-29(5-3-28)16-24-8-14(9-25-16)19(20,21)22/h8-9,12-13H,2-7,10-11H2,1H3. The van der Waals surface area contributed by atoms with Crippen LogP contribution in [0.3, 0.4) is 0 Å². The van der Waals surface area contributed by atoms with E-state index >= 15 is 0 Å². The molecule has 1 aromatic heterocycles. The molecule has 1 aliphatic carbocycles. The summed E-state index contributed by atoms with van der Waals surface area (Å²) in [6, 6.07) is -0.374. The lowest BCUT2D eigenvalue weighted by Gasteiger charge is -2.35. The first-order valence-electron chi connectivity index (χ1n) is 10.6. The van der Waals surface area contributed by atoms with E-state index < -0.39 is 23.4 Å². The number of azide groups is 1. The number of nitrogens with zero attached hydrogens (tertiary/aromatic N) is 8. The van der Waals surface area contributed by atoms with E-state index in [2.05, 4.69) is 20.0 Å². The summed E-state index contributed by atoms with van der Waals surface area (Å²) in [7, 11) is 0. The SMILES string of the molecule is CC(CN1CC2(CC2CC(=O)N2CCN(c3ncc(C(F)(F)F)cn3)CC2)OC1=O)N=[N+]=[N-]. The van der Waals surface area contributed by atoms with E-state index in [1.165, 1.54) is 4.90 Å². The van der Waals surface area contributed by atoms with Gasteiger partial charge in [-0.15, -0.1) is 0 Å². The van der Waals surface area contributed by atoms with E-state index in [4.69, 9.17) is 10.3 Å². The van der Waals surface area contributed by atoms with Crippen LogP contribution in [0.4, 0.5) is 23.9 Å². The lowest BCUT2D eigenvalue weighted by molar-refractivity contribution is -0.138. The smallest absolute Gasteiger partial charge is 0.419 e. The Hall–Kier alpha value is -3.28. The number of alkyl halides is 3. The zero-order valence-corrected chi connectivity index (χ0v) is 17.9. The molecule has 4 rings (SSSR count). The van der Waals surface area contributed by atoms with Gasteiger partial charge in [0.15, 0.2) is 0 Å². The Kier molecular flexibility index (Phi) is 5.95. The maximum atomic E-state index is 12.8. The Morgan fingerprint density at radius 3 is 2.61 bits per heavy atom. The molecule has 1 saturated carbocycles. The highest BCUT2D eigenvalue weighted by atomic mass is 19.4. The Bertz CT molecular complexity index is 960. The molecule has 11 nitrogen and oxygen atoms in total. The van der Waals surface area contributed by atoms with Crippen molar-refractivity contribution in [2.75, 3.05) is 44.2 Å². The molecule has 2 saturated heterocycles. The maximum Gasteiger partial charge on any atom is 0.419 e. The number of hydrogen-bond acceptors (Lipinski definition) is 7. The lowest BCUT2D eigenvalue weighted by atomic mass is 10.1. The Morgan fingerprint density at radius 2 is 2.00 bits per heavy atom. The number of ether oxygens (including phenoxy) is 1. The summed E-state index contributed by atoms with van der Waals surface area (Å²) in [4.78, 5) is 40.2. The van der Waals surface area contributed by atoms with Crippen molar-refractivity contribution in [3.05, 3.63) is 28.4 Å². The average molecular weight is 468 g/mol. The van der Waals surface area contributed by atoms with E-state index in [1.54, 1.807) is 16.7 Å². The predicted molar refractivity (Wildman–Crippen MR) is 108 cm³/mol. The van der Waals surface area contributed by atoms with Crippen molar-refractivity contribution >= 4 is 17.9 Å². The molecule has 1 aromatic rings. The fourth-order valence-electron chi connectivity index (χ4n) is 4.30. The summed E-state index contributed by atoms with van der Waals surface area (Å²) in [5, 5.41) is 3.57. The van der Waals surface area contributed by atoms with Crippen molar-refractivity contribution in [3.63, 3.8) is 0 Å². The van der Waals surface area contributed by atoms with Crippen LogP contribution in [0.25, 0.3) is 10.4 Å². The van der Waals surface area contributed by atoms with Gasteiger partial charge in [-0.05, 0) is 12.0 Å². The van der Waals surface area contributed by atoms with Gasteiger partial charge < -0.3 is 19.4 Å². The van der Waals surface area contributed by atoms with Crippen molar-refractivity contribution in [2.24, 2.45) is 11.0 Å². The second-order valence-corrected chi connectivity index (χ2v) is 8.61. The topological polar surface area (TPSA) is 128 Å². The van der Waals surface area contributed by atoms with Gasteiger partial charge in [0.1, 0.15) is 5.60 Å². The van der Waals surface area contributed by atoms with Crippen molar-refractivity contribution < 1.29 is 27.5 Å². The number of hydrogen-bond donors (Lipinski definition) is 0. The summed E-state index contributed by atoms with van der Waals surface area (Å²) in [6.07, 6.45) is -2.58. The third kappa shape index (κ3) is 4.90. The number of amides is 2. The van der Waals surface area contributed by atoms with Gasteiger partial charge in [0, 0.05) is 62.4 Å². The molecule has 3 atom stereocenters. The summed E-state index contributed by atoms with van der Waals surface area (Å²) in [6.45, 7) is 3.96. The van der Waals surface area contributed by atoms with Crippen LogP contribution in [-0.2, 0) is 15.7 Å². The highest BCUT2D eigenvalue weighted by Gasteiger charge is 2.63. The quantitative estimate of drug-likeness (QED) is 0.358. The first-order valence-corrected chi connectivity index (χ1v) is 10.6. The monoisotopic (exact) mass is 468 g/mol. The number of piperazine rings is 1. The number of carbonyl (C=O) groups excluding carboxylic acids is 2. The molecule has 0 bridgehead atoms. The van der Waals surface area contributed by atoms with Crippen LogP contribution in [-0.4, -0.2) is 82.7 Å². The highest BCUT2D eigenvalue weighted by molar-refractivity contribution is 5.78. The van der Waals surface area contributed by atoms with Crippen LogP contribution in [0.15, 0.2) is 17.5 Å². The molecule has 2 amide bonds. The minimum absolute atomic E-state index is 0.0539. The van der Waals surface area contributed by atoms with Gasteiger partial charge in [-0.25, -0.2) is 14.8 Å². The average Bonchev–Trinajstić information content (AvgIpc) is 3.32. The molecular formula is C19H23F3N8O3. The minimum atomic E-state index is -4.49. The number of aromatic nitrogens is 2. The largest absolute Gasteiger partial charge is 0.441 e. The predicted octanol–water partition coefficient (Wildman–Crippen LogP) is 2.44. The van der Waals surface area contributed by atoms with Crippen LogP contribution in [0.2, 0.25) is 0 Å². The van der Waals surface area contributed by atoms with Gasteiger partial charge >= 0.3 is 12.3 Å². The van der Waals surface area contributed by atoms with Crippen LogP contribution >= 0.6 is 0 Å². The Balaban J connectivity index is 1.25. The van der Waals surface area contributed by atoms with E-state index in [-0.39, 0.29) is 36.8 Å². The highest BCUT2D eigenvalue weighted by Crippen LogP contribution is 2.53. The fourth-order valence-corrected chi connectivity index (χ4v) is 4.30. The van der Waals surface area contributed by atoms with Gasteiger partial charge in [-0.1, -0.05) is 12.0 Å². The van der Waals surface area contributed by atoms with Gasteiger partial charge in [0.25, 0.3) is 0 Å². The van der Waals surface area contributed by atoms with E-state index in [0.717, 1.165) is 12.4 Å². The minimum Gasteiger partial charge on any atom is -0.441 e. The molecule has 2 aliphatic heterocycles. The molecule has 1 spiro atoms. The Morgan fingerprint density at radius 1 is 1.33 bits per heavy atom. The molecule has 3 fully saturated rings. The zero-order chi connectivity index (χ0) is 23.8. The molecule has 0 aromatic carbocycles. The van der Waals surface area contributed by atoms with E-state index in [1.807, 2.05) is 0 Å². The molecule has 178 valence electrons. The first-order chi connectivity index (χ1) is 15.6. The number of anilines is 1. The van der Waals surface area contributed by atoms with Crippen molar-refractivity contribution in [2.45, 2.75) is 37.6 Å². The third-order valence-electron chi connectivity index (χ3n) is 6.22. The molecule has 0 radical (unpaired) electrons. The van der Waals surface area contributed by atoms with Crippen LogP contribution < -0.4 is 4.90 Å². The normalized spacial score (nSPS) is 25.6. The molecule has 14 heteroatoms.